The van der Waals surface area contributed by atoms with Gasteiger partial charge in [0.15, 0.2) is 5.82 Å². The molecule has 0 radical (unpaired) electrons. The lowest BCUT2D eigenvalue weighted by Crippen LogP contribution is -2.31. The second-order valence-corrected chi connectivity index (χ2v) is 7.96. The Bertz CT molecular complexity index is 1240. The lowest BCUT2D eigenvalue weighted by atomic mass is 9.97. The summed E-state index contributed by atoms with van der Waals surface area (Å²) in [5.41, 5.74) is 11.0. The van der Waals surface area contributed by atoms with Crippen LogP contribution in [0, 0.1) is 5.82 Å². The Labute approximate surface area is 199 Å². The van der Waals surface area contributed by atoms with Gasteiger partial charge in [-0.1, -0.05) is 35.3 Å². The number of carbonyl (C=O) groups excluding carboxylic acids is 1. The normalized spacial score (nSPS) is 15.3. The quantitative estimate of drug-likeness (QED) is 0.400. The minimum atomic E-state index is -0.627. The first-order chi connectivity index (χ1) is 15.9. The molecule has 2 heterocycles. The maximum absolute atomic E-state index is 15.5. The molecule has 2 amide bonds. The van der Waals surface area contributed by atoms with Crippen molar-refractivity contribution in [3.8, 4) is 0 Å². The van der Waals surface area contributed by atoms with Crippen molar-refractivity contribution >= 4 is 52.1 Å². The van der Waals surface area contributed by atoms with E-state index in [1.54, 1.807) is 42.7 Å². The molecule has 0 aliphatic carbocycles. The number of nitrogens with one attached hydrogen (secondary N) is 3. The van der Waals surface area contributed by atoms with Crippen LogP contribution < -0.4 is 21.8 Å². The predicted octanol–water partition coefficient (Wildman–Crippen LogP) is 5.07. The molecular formula is C22H20Cl2FN7O. The highest BCUT2D eigenvalue weighted by atomic mass is 35.5. The van der Waals surface area contributed by atoms with Crippen LogP contribution in [0.15, 0.2) is 54.9 Å². The summed E-state index contributed by atoms with van der Waals surface area (Å²) in [6, 6.07) is 10.1. The molecule has 11 heteroatoms. The zero-order chi connectivity index (χ0) is 23.5. The number of nitrogens with two attached hydrogens (primary N) is 1. The summed E-state index contributed by atoms with van der Waals surface area (Å²) in [5.74, 6) is -0.460. The molecule has 5 N–H and O–H groups in total. The zero-order valence-electron chi connectivity index (χ0n) is 17.4. The fourth-order valence-electron chi connectivity index (χ4n) is 3.41. The van der Waals surface area contributed by atoms with Gasteiger partial charge in [-0.15, -0.1) is 0 Å². The van der Waals surface area contributed by atoms with Gasteiger partial charge in [0, 0.05) is 35.8 Å². The van der Waals surface area contributed by atoms with Gasteiger partial charge in [-0.05, 0) is 37.3 Å². The molecule has 3 aromatic rings. The van der Waals surface area contributed by atoms with Crippen molar-refractivity contribution in [1.29, 1.82) is 0 Å². The van der Waals surface area contributed by atoms with Gasteiger partial charge in [-0.25, -0.2) is 24.6 Å². The van der Waals surface area contributed by atoms with Gasteiger partial charge in [-0.2, -0.15) is 0 Å². The van der Waals surface area contributed by atoms with Crippen LogP contribution >= 0.6 is 23.2 Å². The van der Waals surface area contributed by atoms with Crippen LogP contribution in [0.1, 0.15) is 24.2 Å². The maximum atomic E-state index is 15.5. The molecule has 1 aliphatic heterocycles. The molecule has 1 unspecified atom stereocenters. The number of amides is 2. The summed E-state index contributed by atoms with van der Waals surface area (Å²) < 4.78 is 15.5. The van der Waals surface area contributed by atoms with Gasteiger partial charge in [0.1, 0.15) is 0 Å². The van der Waals surface area contributed by atoms with Gasteiger partial charge >= 0.3 is 6.03 Å². The first kappa shape index (κ1) is 22.8. The summed E-state index contributed by atoms with van der Waals surface area (Å²) in [5, 5.41) is 7.63. The Kier molecular flexibility index (Phi) is 6.64. The Balaban J connectivity index is 1.60. The van der Waals surface area contributed by atoms with E-state index >= 15 is 4.39 Å². The van der Waals surface area contributed by atoms with Gasteiger partial charge < -0.3 is 21.4 Å². The van der Waals surface area contributed by atoms with Crippen LogP contribution in [0.2, 0.25) is 10.0 Å². The molecule has 4 rings (SSSR count). The standard InChI is InChI=1S/C22H20Cl2FN7O/c1-2-32-11-14(20(31-32)18-8-9-27-21(26)29-18)13-4-3-5-17(19(13)25)30-22(33)28-12-6-7-15(23)16(24)10-12/h3-11,20,31H,2H2,1H3,(H2,26,27,29)(H2,28,30,33). The third-order valence-electron chi connectivity index (χ3n) is 4.97. The van der Waals surface area contributed by atoms with Crippen LogP contribution in [0.4, 0.5) is 26.5 Å². The highest BCUT2D eigenvalue weighted by Crippen LogP contribution is 2.37. The summed E-state index contributed by atoms with van der Waals surface area (Å²) in [6.07, 6.45) is 3.36. The summed E-state index contributed by atoms with van der Waals surface area (Å²) >= 11 is 11.9. The van der Waals surface area contributed by atoms with E-state index in [1.165, 1.54) is 12.1 Å². The third kappa shape index (κ3) is 5.00. The molecule has 0 saturated heterocycles. The lowest BCUT2D eigenvalue weighted by Gasteiger charge is -2.19. The number of carbonyl (C=O) groups is 1. The van der Waals surface area contributed by atoms with Gasteiger partial charge in [0.05, 0.1) is 27.5 Å². The van der Waals surface area contributed by atoms with Crippen LogP contribution in [-0.4, -0.2) is 27.6 Å². The lowest BCUT2D eigenvalue weighted by molar-refractivity contribution is 0.262. The first-order valence-corrected chi connectivity index (χ1v) is 10.8. The minimum absolute atomic E-state index is 0.0156. The molecule has 0 fully saturated rings. The Hall–Kier alpha value is -3.40. The van der Waals surface area contributed by atoms with E-state index in [1.807, 2.05) is 11.9 Å². The van der Waals surface area contributed by atoms with E-state index < -0.39 is 17.9 Å². The number of nitrogen functional groups attached to an aromatic ring is 1. The van der Waals surface area contributed by atoms with Crippen molar-refractivity contribution in [3.63, 3.8) is 0 Å². The average Bonchev–Trinajstić information content (AvgIpc) is 3.22. The van der Waals surface area contributed by atoms with E-state index in [9.17, 15) is 4.79 Å². The summed E-state index contributed by atoms with van der Waals surface area (Å²) in [4.78, 5) is 20.6. The SMILES string of the molecule is CCN1C=C(c2cccc(NC(=O)Nc3ccc(Cl)c(Cl)c3)c2F)C(c2ccnc(N)n2)N1. The van der Waals surface area contributed by atoms with E-state index in [0.29, 0.717) is 39.1 Å². The fraction of sp³-hybridized carbons (Fsp3) is 0.136. The largest absolute Gasteiger partial charge is 0.368 e. The van der Waals surface area contributed by atoms with E-state index in [0.717, 1.165) is 0 Å². The maximum Gasteiger partial charge on any atom is 0.323 e. The number of hydrazine groups is 1. The molecule has 2 aromatic carbocycles. The molecule has 0 saturated carbocycles. The summed E-state index contributed by atoms with van der Waals surface area (Å²) in [6.45, 7) is 2.60. The number of anilines is 3. The Morgan fingerprint density at radius 3 is 2.76 bits per heavy atom. The number of urea groups is 1. The van der Waals surface area contributed by atoms with E-state index in [2.05, 4.69) is 26.0 Å². The van der Waals surface area contributed by atoms with Gasteiger partial charge in [0.25, 0.3) is 0 Å². The zero-order valence-corrected chi connectivity index (χ0v) is 19.0. The van der Waals surface area contributed by atoms with E-state index in [-0.39, 0.29) is 11.6 Å². The fourth-order valence-corrected chi connectivity index (χ4v) is 3.71. The predicted molar refractivity (Wildman–Crippen MR) is 128 cm³/mol. The number of hydrogen-bond donors (Lipinski definition) is 4. The molecule has 0 spiro atoms. The van der Waals surface area contributed by atoms with Crippen molar-refractivity contribution < 1.29 is 9.18 Å². The molecule has 1 aromatic heterocycles. The van der Waals surface area contributed by atoms with Crippen LogP contribution in [-0.2, 0) is 0 Å². The number of aromatic nitrogens is 2. The second-order valence-electron chi connectivity index (χ2n) is 7.15. The molecule has 1 atom stereocenters. The highest BCUT2D eigenvalue weighted by molar-refractivity contribution is 6.42. The number of nitrogens with zero attached hydrogens (tertiary/aromatic N) is 3. The average molecular weight is 488 g/mol. The van der Waals surface area contributed by atoms with Crippen molar-refractivity contribution in [3.05, 3.63) is 82.0 Å². The number of hydrogen-bond acceptors (Lipinski definition) is 6. The molecule has 1 aliphatic rings. The van der Waals surface area contributed by atoms with Crippen molar-refractivity contribution in [2.75, 3.05) is 22.9 Å². The van der Waals surface area contributed by atoms with Crippen LogP contribution in [0.25, 0.3) is 5.57 Å². The molecule has 8 nitrogen and oxygen atoms in total. The monoisotopic (exact) mass is 487 g/mol. The number of rotatable bonds is 5. The van der Waals surface area contributed by atoms with Crippen molar-refractivity contribution in [1.82, 2.24) is 20.4 Å². The van der Waals surface area contributed by atoms with Crippen LogP contribution in [0.5, 0.6) is 0 Å². The third-order valence-corrected chi connectivity index (χ3v) is 5.71. The van der Waals surface area contributed by atoms with Gasteiger partial charge in [0.2, 0.25) is 5.95 Å². The van der Waals surface area contributed by atoms with Crippen molar-refractivity contribution in [2.24, 2.45) is 0 Å². The highest BCUT2D eigenvalue weighted by Gasteiger charge is 2.29. The second kappa shape index (κ2) is 9.62. The Morgan fingerprint density at radius 2 is 2.03 bits per heavy atom. The Morgan fingerprint density at radius 1 is 1.21 bits per heavy atom. The van der Waals surface area contributed by atoms with Crippen molar-refractivity contribution in [2.45, 2.75) is 13.0 Å². The molecule has 0 bridgehead atoms. The van der Waals surface area contributed by atoms with E-state index in [4.69, 9.17) is 28.9 Å². The molecule has 170 valence electrons. The topological polar surface area (TPSA) is 108 Å². The molecular weight excluding hydrogens is 468 g/mol. The summed E-state index contributed by atoms with van der Waals surface area (Å²) in [7, 11) is 0. The first-order valence-electron chi connectivity index (χ1n) is 10.0. The van der Waals surface area contributed by atoms with Gasteiger partial charge in [-0.3, -0.25) is 0 Å². The number of benzene rings is 2. The van der Waals surface area contributed by atoms with Crippen LogP contribution in [0.3, 0.4) is 0 Å². The smallest absolute Gasteiger partial charge is 0.323 e. The minimum Gasteiger partial charge on any atom is -0.368 e. The number of halogens is 3. The molecule has 33 heavy (non-hydrogen) atoms.